The van der Waals surface area contributed by atoms with Crippen LogP contribution in [0.25, 0.3) is 0 Å². The van der Waals surface area contributed by atoms with Crippen molar-refractivity contribution in [2.24, 2.45) is 0 Å². The van der Waals surface area contributed by atoms with Gasteiger partial charge in [-0.15, -0.1) is 13.1 Å². The minimum absolute atomic E-state index is 0. The predicted octanol–water partition coefficient (Wildman–Crippen LogP) is 0.586. The molecule has 0 amide bonds. The van der Waals surface area contributed by atoms with Gasteiger partial charge in [-0.25, -0.2) is 0 Å². The Morgan fingerprint density at radius 1 is 1.29 bits per heavy atom. The maximum Gasteiger partial charge on any atom is 2.00 e. The monoisotopic (exact) mass is 323 g/mol. The second kappa shape index (κ2) is 7.01. The van der Waals surface area contributed by atoms with E-state index < -0.39 is 0 Å². The average Bonchev–Trinajstić information content (AvgIpc) is 1.65. The van der Waals surface area contributed by atoms with Gasteiger partial charge in [0, 0.05) is 0 Å². The van der Waals surface area contributed by atoms with Crippen molar-refractivity contribution in [3.05, 3.63) is 13.8 Å². The third kappa shape index (κ3) is 7.01. The number of rotatable bonds is 2. The molecule has 0 aliphatic heterocycles. The van der Waals surface area contributed by atoms with Gasteiger partial charge in [0.1, 0.15) is 0 Å². The second-order valence-corrected chi connectivity index (χ2v) is 1.30. The molecule has 0 rings (SSSR count). The molecular weight excluding hydrogens is 312 g/mol. The van der Waals surface area contributed by atoms with E-state index in [2.05, 4.69) is 13.8 Å². The van der Waals surface area contributed by atoms with Crippen molar-refractivity contribution in [1.82, 2.24) is 4.90 Å². The third-order valence-electron chi connectivity index (χ3n) is 0.763. The zero-order valence-electron chi connectivity index (χ0n) is 4.78. The van der Waals surface area contributed by atoms with Gasteiger partial charge in [-0.1, -0.05) is 0 Å². The van der Waals surface area contributed by atoms with Crippen LogP contribution in [0.1, 0.15) is 0 Å². The van der Waals surface area contributed by atoms with Crippen molar-refractivity contribution in [2.75, 3.05) is 20.1 Å². The van der Waals surface area contributed by atoms with Gasteiger partial charge in [-0.3, -0.25) is 0 Å². The minimum Gasteiger partial charge on any atom is -0.365 e. The summed E-state index contributed by atoms with van der Waals surface area (Å²) in [6.07, 6.45) is 0. The van der Waals surface area contributed by atoms with E-state index in [-0.39, 0.29) is 31.1 Å². The predicted molar refractivity (Wildman–Crippen MR) is 28.2 cm³/mol. The molecule has 2 heteroatoms. The van der Waals surface area contributed by atoms with Crippen LogP contribution in [0, 0.1) is 45.0 Å². The largest absolute Gasteiger partial charge is 2.00 e. The summed E-state index contributed by atoms with van der Waals surface area (Å²) in [6.45, 7) is 8.99. The van der Waals surface area contributed by atoms with Crippen LogP contribution < -0.4 is 0 Å². The van der Waals surface area contributed by atoms with Crippen molar-refractivity contribution in [1.29, 1.82) is 0 Å². The topological polar surface area (TPSA) is 3.24 Å². The van der Waals surface area contributed by atoms with E-state index in [1.54, 1.807) is 0 Å². The molecular formula is C5H11NU. The van der Waals surface area contributed by atoms with Crippen LogP contribution >= 0.6 is 0 Å². The fourth-order valence-electron chi connectivity index (χ4n) is 0.112. The first-order chi connectivity index (χ1) is 2.81. The standard InChI is InChI=1S/C5H11N.U/c1-4-6(3)5-2;/h1-2,4-5H2,3H3;/q-2;+2. The second-order valence-electron chi connectivity index (χ2n) is 1.30. The molecule has 0 aromatic carbocycles. The van der Waals surface area contributed by atoms with Gasteiger partial charge in [0.25, 0.3) is 0 Å². The Morgan fingerprint density at radius 3 is 1.57 bits per heavy atom. The molecule has 0 bridgehead atoms. The number of nitrogens with zero attached hydrogens (tertiary/aromatic N) is 1. The van der Waals surface area contributed by atoms with E-state index in [1.165, 1.54) is 0 Å². The van der Waals surface area contributed by atoms with Gasteiger partial charge in [0.05, 0.1) is 0 Å². The molecule has 0 spiro atoms. The van der Waals surface area contributed by atoms with Crippen LogP contribution in [0.5, 0.6) is 0 Å². The summed E-state index contributed by atoms with van der Waals surface area (Å²) in [4.78, 5) is 2.03. The quantitative estimate of drug-likeness (QED) is 0.673. The fourth-order valence-corrected chi connectivity index (χ4v) is 0.112. The van der Waals surface area contributed by atoms with E-state index in [4.69, 9.17) is 0 Å². The van der Waals surface area contributed by atoms with E-state index in [0.29, 0.717) is 0 Å². The first-order valence-electron chi connectivity index (χ1n) is 2.08. The summed E-state index contributed by atoms with van der Waals surface area (Å²) in [7, 11) is 1.99. The van der Waals surface area contributed by atoms with Gasteiger partial charge >= 0.3 is 31.1 Å². The van der Waals surface area contributed by atoms with Crippen molar-refractivity contribution in [3.8, 4) is 0 Å². The molecule has 0 saturated heterocycles. The van der Waals surface area contributed by atoms with E-state index in [9.17, 15) is 0 Å². The maximum absolute atomic E-state index is 3.64. The fraction of sp³-hybridized carbons (Fsp3) is 0.600. The Bertz CT molecular complexity index is 27.3. The molecule has 0 radical (unpaired) electrons. The molecule has 0 N–H and O–H groups in total. The van der Waals surface area contributed by atoms with Crippen LogP contribution in [0.2, 0.25) is 0 Å². The Labute approximate surface area is 69.8 Å². The summed E-state index contributed by atoms with van der Waals surface area (Å²) in [5.41, 5.74) is 0. The zero-order chi connectivity index (χ0) is 4.99. The normalized spacial score (nSPS) is 8.57. The molecule has 0 saturated carbocycles. The van der Waals surface area contributed by atoms with Gasteiger partial charge in [0.15, 0.2) is 0 Å². The maximum atomic E-state index is 3.64. The first-order valence-corrected chi connectivity index (χ1v) is 2.08. The van der Waals surface area contributed by atoms with Crippen molar-refractivity contribution in [2.45, 2.75) is 0 Å². The third-order valence-corrected chi connectivity index (χ3v) is 0.763. The molecule has 0 atom stereocenters. The summed E-state index contributed by atoms with van der Waals surface area (Å²) < 4.78 is 0. The van der Waals surface area contributed by atoms with E-state index >= 15 is 0 Å². The number of hydrogen-bond donors (Lipinski definition) is 0. The van der Waals surface area contributed by atoms with E-state index in [0.717, 1.165) is 13.1 Å². The van der Waals surface area contributed by atoms with Crippen LogP contribution in [0.15, 0.2) is 0 Å². The Balaban J connectivity index is 0. The van der Waals surface area contributed by atoms with Gasteiger partial charge in [-0.2, -0.15) is 0 Å². The van der Waals surface area contributed by atoms with Gasteiger partial charge in [0.2, 0.25) is 0 Å². The Hall–Kier alpha value is 1.01. The Kier molecular flexibility index (Phi) is 10.9. The molecule has 40 valence electrons. The number of hydrogen-bond acceptors (Lipinski definition) is 1. The Morgan fingerprint density at radius 2 is 1.57 bits per heavy atom. The molecule has 7 heavy (non-hydrogen) atoms. The van der Waals surface area contributed by atoms with E-state index in [1.807, 2.05) is 11.9 Å². The molecule has 0 aliphatic rings. The minimum atomic E-state index is 0. The van der Waals surface area contributed by atoms with Crippen molar-refractivity contribution < 1.29 is 31.1 Å². The van der Waals surface area contributed by atoms with Crippen molar-refractivity contribution in [3.63, 3.8) is 0 Å². The molecule has 0 aliphatic carbocycles. The molecule has 0 unspecified atom stereocenters. The van der Waals surface area contributed by atoms with Gasteiger partial charge < -0.3 is 18.7 Å². The van der Waals surface area contributed by atoms with Crippen LogP contribution in [0.4, 0.5) is 0 Å². The summed E-state index contributed by atoms with van der Waals surface area (Å²) >= 11 is 0. The van der Waals surface area contributed by atoms with Crippen LogP contribution in [-0.4, -0.2) is 25.0 Å². The van der Waals surface area contributed by atoms with Crippen molar-refractivity contribution >= 4 is 0 Å². The van der Waals surface area contributed by atoms with Gasteiger partial charge in [-0.05, 0) is 7.05 Å². The average molecular weight is 323 g/mol. The zero-order valence-corrected chi connectivity index (χ0v) is 8.94. The molecule has 1 nitrogen and oxygen atoms in total. The summed E-state index contributed by atoms with van der Waals surface area (Å²) in [5.74, 6) is 0. The SMILES string of the molecule is [CH2-]CN(C)C[CH2-].[U+2]. The first kappa shape index (κ1) is 10.9. The smallest absolute Gasteiger partial charge is 0.365 e. The van der Waals surface area contributed by atoms with Crippen LogP contribution in [-0.2, 0) is 0 Å². The van der Waals surface area contributed by atoms with Crippen LogP contribution in [0.3, 0.4) is 0 Å². The summed E-state index contributed by atoms with van der Waals surface area (Å²) in [6, 6.07) is 0. The molecule has 0 fully saturated rings. The molecule has 0 aromatic heterocycles. The molecule has 0 aromatic rings. The molecule has 0 heterocycles. The summed E-state index contributed by atoms with van der Waals surface area (Å²) in [5, 5.41) is 0.